The number of aromatic nitrogens is 2. The number of amides is 1. The van der Waals surface area contributed by atoms with Gasteiger partial charge >= 0.3 is 0 Å². The van der Waals surface area contributed by atoms with Crippen LogP contribution in [0.4, 0.5) is 0 Å². The summed E-state index contributed by atoms with van der Waals surface area (Å²) in [5.74, 6) is 0.122. The average Bonchev–Trinajstić information content (AvgIpc) is 3.17. The van der Waals surface area contributed by atoms with Crippen LogP contribution in [-0.2, 0) is 16.1 Å². The van der Waals surface area contributed by atoms with E-state index in [4.69, 9.17) is 4.74 Å². The molecule has 1 aromatic carbocycles. The van der Waals surface area contributed by atoms with E-state index in [1.54, 1.807) is 11.1 Å². The Kier molecular flexibility index (Phi) is 6.06. The molecule has 26 heavy (non-hydrogen) atoms. The first-order valence-corrected chi connectivity index (χ1v) is 9.21. The quantitative estimate of drug-likeness (QED) is 0.797. The topological polar surface area (TPSA) is 50.6 Å². The number of hydrogen-bond acceptors (Lipinski definition) is 4. The highest BCUT2D eigenvalue weighted by molar-refractivity contribution is 5.76. The lowest BCUT2D eigenvalue weighted by molar-refractivity contribution is -0.135. The minimum absolute atomic E-state index is 0.0108. The number of nitrogens with zero attached hydrogens (tertiary/aromatic N) is 4. The monoisotopic (exact) mass is 356 g/mol. The second kappa shape index (κ2) is 8.47. The van der Waals surface area contributed by atoms with E-state index in [2.05, 4.69) is 23.8 Å². The third-order valence-corrected chi connectivity index (χ3v) is 4.85. The van der Waals surface area contributed by atoms with Gasteiger partial charge in [0.1, 0.15) is 0 Å². The molecule has 1 aliphatic heterocycles. The van der Waals surface area contributed by atoms with E-state index in [-0.39, 0.29) is 12.0 Å². The van der Waals surface area contributed by atoms with E-state index >= 15 is 0 Å². The molecular weight excluding hydrogens is 328 g/mol. The summed E-state index contributed by atoms with van der Waals surface area (Å²) < 4.78 is 7.61. The number of benzene rings is 1. The van der Waals surface area contributed by atoms with Crippen molar-refractivity contribution in [3.05, 3.63) is 48.3 Å². The Morgan fingerprint density at radius 3 is 2.77 bits per heavy atom. The summed E-state index contributed by atoms with van der Waals surface area (Å²) in [6, 6.07) is 10.5. The average molecular weight is 356 g/mol. The van der Waals surface area contributed by atoms with Crippen LogP contribution in [0.3, 0.4) is 0 Å². The summed E-state index contributed by atoms with van der Waals surface area (Å²) in [6.45, 7) is 7.44. The molecule has 1 atom stereocenters. The van der Waals surface area contributed by atoms with Gasteiger partial charge in [-0.1, -0.05) is 12.1 Å². The summed E-state index contributed by atoms with van der Waals surface area (Å²) in [5, 5.41) is 4.22. The van der Waals surface area contributed by atoms with Crippen LogP contribution >= 0.6 is 0 Å². The highest BCUT2D eigenvalue weighted by atomic mass is 16.5. The molecule has 3 rings (SSSR count). The van der Waals surface area contributed by atoms with E-state index in [1.165, 1.54) is 0 Å². The molecular formula is C20H28N4O2. The fraction of sp³-hybridized carbons (Fsp3) is 0.500. The van der Waals surface area contributed by atoms with Crippen molar-refractivity contribution in [2.24, 2.45) is 0 Å². The molecule has 0 aliphatic carbocycles. The molecule has 1 aromatic heterocycles. The van der Waals surface area contributed by atoms with Crippen molar-refractivity contribution in [3.8, 4) is 5.69 Å². The van der Waals surface area contributed by atoms with E-state index in [0.717, 1.165) is 24.3 Å². The van der Waals surface area contributed by atoms with Crippen LogP contribution in [-0.4, -0.2) is 64.4 Å². The van der Waals surface area contributed by atoms with Gasteiger partial charge in [-0.2, -0.15) is 5.10 Å². The molecule has 1 fully saturated rings. The second-order valence-corrected chi connectivity index (χ2v) is 7.15. The molecule has 0 bridgehead atoms. The van der Waals surface area contributed by atoms with Gasteiger partial charge in [0.15, 0.2) is 0 Å². The van der Waals surface area contributed by atoms with E-state index in [9.17, 15) is 4.79 Å². The molecule has 1 aliphatic rings. The predicted octanol–water partition coefficient (Wildman–Crippen LogP) is 2.33. The zero-order valence-corrected chi connectivity index (χ0v) is 15.8. The Hall–Kier alpha value is -2.18. The molecule has 2 aromatic rings. The summed E-state index contributed by atoms with van der Waals surface area (Å²) >= 11 is 0. The summed E-state index contributed by atoms with van der Waals surface area (Å²) in [6.07, 6.45) is 4.09. The van der Waals surface area contributed by atoms with Crippen LogP contribution < -0.4 is 0 Å². The van der Waals surface area contributed by atoms with Crippen LogP contribution in [0.1, 0.15) is 25.8 Å². The van der Waals surface area contributed by atoms with E-state index in [1.807, 2.05) is 48.3 Å². The maximum atomic E-state index is 12.6. The lowest BCUT2D eigenvalue weighted by atomic mass is 10.1. The van der Waals surface area contributed by atoms with Gasteiger partial charge < -0.3 is 9.64 Å². The zero-order chi connectivity index (χ0) is 18.5. The van der Waals surface area contributed by atoms with Crippen LogP contribution in [0.15, 0.2) is 42.7 Å². The minimum atomic E-state index is -0.0108. The number of ether oxygens (including phenoxy) is 1. The van der Waals surface area contributed by atoms with Gasteiger partial charge in [0.2, 0.25) is 5.91 Å². The largest absolute Gasteiger partial charge is 0.375 e. The maximum Gasteiger partial charge on any atom is 0.225 e. The molecule has 0 N–H and O–H groups in total. The van der Waals surface area contributed by atoms with Crippen molar-refractivity contribution in [1.29, 1.82) is 0 Å². The standard InChI is InChI=1S/C20H28N4O2/c1-16(2)23-11-12-26-19(15-23)13-20(25)22(3)14-17-5-7-18(8-6-17)24-10-4-9-21-24/h4-10,16,19H,11-15H2,1-3H3/t19-/m1/s1. The van der Waals surface area contributed by atoms with Crippen LogP contribution in [0.5, 0.6) is 0 Å². The van der Waals surface area contributed by atoms with Crippen molar-refractivity contribution in [2.75, 3.05) is 26.7 Å². The van der Waals surface area contributed by atoms with Gasteiger partial charge in [-0.15, -0.1) is 0 Å². The van der Waals surface area contributed by atoms with Gasteiger partial charge in [-0.05, 0) is 37.6 Å². The molecule has 6 heteroatoms. The fourth-order valence-electron chi connectivity index (χ4n) is 3.22. The number of carbonyl (C=O) groups excluding carboxylic acids is 1. The number of rotatable bonds is 6. The van der Waals surface area contributed by atoms with Crippen molar-refractivity contribution in [1.82, 2.24) is 19.6 Å². The SMILES string of the molecule is CC(C)N1CCO[C@H](CC(=O)N(C)Cc2ccc(-n3cccn3)cc2)C1. The predicted molar refractivity (Wildman–Crippen MR) is 101 cm³/mol. The van der Waals surface area contributed by atoms with Crippen molar-refractivity contribution < 1.29 is 9.53 Å². The molecule has 1 saturated heterocycles. The molecule has 0 spiro atoms. The Bertz CT molecular complexity index is 697. The van der Waals surface area contributed by atoms with Crippen molar-refractivity contribution in [2.45, 2.75) is 39.0 Å². The van der Waals surface area contributed by atoms with Crippen LogP contribution in [0.2, 0.25) is 0 Å². The first-order valence-electron chi connectivity index (χ1n) is 9.21. The Morgan fingerprint density at radius 2 is 2.12 bits per heavy atom. The van der Waals surface area contributed by atoms with Gasteiger partial charge in [-0.25, -0.2) is 4.68 Å². The lowest BCUT2D eigenvalue weighted by Crippen LogP contribution is -2.47. The number of morpholine rings is 1. The Morgan fingerprint density at radius 1 is 1.35 bits per heavy atom. The van der Waals surface area contributed by atoms with Crippen molar-refractivity contribution >= 4 is 5.91 Å². The van der Waals surface area contributed by atoms with Gasteiger partial charge in [-0.3, -0.25) is 9.69 Å². The summed E-state index contributed by atoms with van der Waals surface area (Å²) in [7, 11) is 1.85. The first-order chi connectivity index (χ1) is 12.5. The lowest BCUT2D eigenvalue weighted by Gasteiger charge is -2.35. The highest BCUT2D eigenvalue weighted by Crippen LogP contribution is 2.14. The second-order valence-electron chi connectivity index (χ2n) is 7.15. The van der Waals surface area contributed by atoms with Gasteiger partial charge in [0, 0.05) is 45.1 Å². The third kappa shape index (κ3) is 4.71. The molecule has 0 radical (unpaired) electrons. The van der Waals surface area contributed by atoms with Gasteiger partial charge in [0.25, 0.3) is 0 Å². The third-order valence-electron chi connectivity index (χ3n) is 4.85. The summed E-state index contributed by atoms with van der Waals surface area (Å²) in [5.41, 5.74) is 2.11. The van der Waals surface area contributed by atoms with Crippen molar-refractivity contribution in [3.63, 3.8) is 0 Å². The highest BCUT2D eigenvalue weighted by Gasteiger charge is 2.25. The maximum absolute atomic E-state index is 12.6. The molecule has 0 saturated carbocycles. The molecule has 6 nitrogen and oxygen atoms in total. The number of carbonyl (C=O) groups is 1. The normalized spacial score (nSPS) is 18.2. The molecule has 0 unspecified atom stereocenters. The van der Waals surface area contributed by atoms with Gasteiger partial charge in [0.05, 0.1) is 24.8 Å². The van der Waals surface area contributed by atoms with Crippen LogP contribution in [0.25, 0.3) is 5.69 Å². The Labute approximate surface area is 155 Å². The van der Waals surface area contributed by atoms with E-state index in [0.29, 0.717) is 25.6 Å². The smallest absolute Gasteiger partial charge is 0.225 e. The Balaban J connectivity index is 1.52. The van der Waals surface area contributed by atoms with E-state index < -0.39 is 0 Å². The number of hydrogen-bond donors (Lipinski definition) is 0. The first kappa shape index (κ1) is 18.6. The molecule has 140 valence electrons. The molecule has 1 amide bonds. The minimum Gasteiger partial charge on any atom is -0.375 e. The summed E-state index contributed by atoms with van der Waals surface area (Å²) in [4.78, 5) is 16.7. The van der Waals surface area contributed by atoms with Crippen LogP contribution in [0, 0.1) is 0 Å². The zero-order valence-electron chi connectivity index (χ0n) is 15.8. The molecule has 2 heterocycles. The fourth-order valence-corrected chi connectivity index (χ4v) is 3.22.